The Morgan fingerprint density at radius 3 is 2.71 bits per heavy atom. The van der Waals surface area contributed by atoms with E-state index in [4.69, 9.17) is 9.15 Å². The predicted molar refractivity (Wildman–Crippen MR) is 113 cm³/mol. The molecule has 162 valence electrons. The summed E-state index contributed by atoms with van der Waals surface area (Å²) in [6.07, 6.45) is 5.34. The molecule has 1 N–H and O–H groups in total. The first-order chi connectivity index (χ1) is 15.0. The first kappa shape index (κ1) is 20.8. The zero-order valence-corrected chi connectivity index (χ0v) is 17.4. The van der Waals surface area contributed by atoms with Gasteiger partial charge in [-0.1, -0.05) is 25.0 Å². The number of benzene rings is 1. The third-order valence-electron chi connectivity index (χ3n) is 5.66. The molecule has 3 aromatic rings. The maximum absolute atomic E-state index is 13.1. The summed E-state index contributed by atoms with van der Waals surface area (Å²) in [6, 6.07) is 9.87. The third kappa shape index (κ3) is 4.68. The summed E-state index contributed by atoms with van der Waals surface area (Å²) in [5.74, 6) is 0.197. The number of para-hydroxylation sites is 1. The number of nitrogens with zero attached hydrogens (tertiary/aromatic N) is 2. The molecule has 0 radical (unpaired) electrons. The van der Waals surface area contributed by atoms with Crippen molar-refractivity contribution in [2.45, 2.75) is 51.8 Å². The van der Waals surface area contributed by atoms with Gasteiger partial charge in [-0.25, -0.2) is 9.78 Å². The van der Waals surface area contributed by atoms with Crippen LogP contribution in [0, 0.1) is 5.92 Å². The molecule has 1 saturated carbocycles. The number of carbonyl (C=O) groups is 2. The van der Waals surface area contributed by atoms with Crippen LogP contribution in [0.15, 0.2) is 51.9 Å². The first-order valence-electron chi connectivity index (χ1n) is 10.5. The van der Waals surface area contributed by atoms with Gasteiger partial charge >= 0.3 is 5.97 Å². The third-order valence-corrected chi connectivity index (χ3v) is 5.66. The van der Waals surface area contributed by atoms with E-state index in [2.05, 4.69) is 10.3 Å². The summed E-state index contributed by atoms with van der Waals surface area (Å²) in [4.78, 5) is 42.1. The molecule has 8 heteroatoms. The molecule has 0 spiro atoms. The van der Waals surface area contributed by atoms with Gasteiger partial charge in [0.15, 0.2) is 5.82 Å². The molecule has 8 nitrogen and oxygen atoms in total. The number of hydrogen-bond acceptors (Lipinski definition) is 6. The number of carbonyl (C=O) groups excluding carboxylic acids is 2. The molecular formula is C23H25N3O5. The molecule has 2 heterocycles. The van der Waals surface area contributed by atoms with Crippen molar-refractivity contribution >= 4 is 22.8 Å². The maximum atomic E-state index is 13.1. The van der Waals surface area contributed by atoms with Crippen molar-refractivity contribution in [1.82, 2.24) is 14.9 Å². The minimum atomic E-state index is -0.689. The van der Waals surface area contributed by atoms with Gasteiger partial charge in [0.1, 0.15) is 18.4 Å². The Kier molecular flexibility index (Phi) is 6.16. The highest BCUT2D eigenvalue weighted by Gasteiger charge is 2.32. The van der Waals surface area contributed by atoms with Gasteiger partial charge in [-0.2, -0.15) is 0 Å². The van der Waals surface area contributed by atoms with Crippen LogP contribution in [0.25, 0.3) is 10.9 Å². The van der Waals surface area contributed by atoms with Crippen molar-refractivity contribution < 1.29 is 18.7 Å². The second-order valence-electron chi connectivity index (χ2n) is 7.85. The molecular weight excluding hydrogens is 398 g/mol. The molecule has 0 saturated heterocycles. The largest absolute Gasteiger partial charge is 0.467 e. The van der Waals surface area contributed by atoms with Crippen LogP contribution in [-0.2, 0) is 27.5 Å². The fourth-order valence-corrected chi connectivity index (χ4v) is 4.15. The highest BCUT2D eigenvalue weighted by Crippen LogP contribution is 2.28. The molecule has 1 fully saturated rings. The average Bonchev–Trinajstić information content (AvgIpc) is 3.47. The fourth-order valence-electron chi connectivity index (χ4n) is 4.15. The summed E-state index contributed by atoms with van der Waals surface area (Å²) in [5.41, 5.74) is 0.297. The van der Waals surface area contributed by atoms with Gasteiger partial charge in [0.05, 0.1) is 23.7 Å². The smallest absolute Gasteiger partial charge is 0.329 e. The van der Waals surface area contributed by atoms with E-state index in [-0.39, 0.29) is 30.5 Å². The van der Waals surface area contributed by atoms with Crippen molar-refractivity contribution in [1.29, 1.82) is 0 Å². The number of nitrogens with one attached hydrogen (secondary N) is 1. The van der Waals surface area contributed by atoms with E-state index in [9.17, 15) is 14.4 Å². The van der Waals surface area contributed by atoms with E-state index >= 15 is 0 Å². The van der Waals surface area contributed by atoms with Crippen molar-refractivity contribution in [3.63, 3.8) is 0 Å². The number of esters is 1. The molecule has 1 amide bonds. The topological polar surface area (TPSA) is 103 Å². The Labute approximate surface area is 179 Å². The number of amides is 1. The molecule has 0 bridgehead atoms. The zero-order chi connectivity index (χ0) is 21.8. The van der Waals surface area contributed by atoms with Crippen LogP contribution in [0.4, 0.5) is 0 Å². The van der Waals surface area contributed by atoms with E-state index in [1.165, 1.54) is 17.8 Å². The van der Waals surface area contributed by atoms with Crippen LogP contribution in [-0.4, -0.2) is 27.5 Å². The van der Waals surface area contributed by atoms with Gasteiger partial charge in [-0.3, -0.25) is 14.2 Å². The molecule has 1 aliphatic rings. The summed E-state index contributed by atoms with van der Waals surface area (Å²) >= 11 is 0. The van der Waals surface area contributed by atoms with Gasteiger partial charge in [0.25, 0.3) is 5.56 Å². The molecule has 0 aliphatic heterocycles. The molecule has 2 aromatic heterocycles. The Balaban J connectivity index is 1.61. The van der Waals surface area contributed by atoms with Crippen LogP contribution in [0.3, 0.4) is 0 Å². The molecule has 1 atom stereocenters. The van der Waals surface area contributed by atoms with Crippen molar-refractivity contribution in [3.05, 3.63) is 64.6 Å². The summed E-state index contributed by atoms with van der Waals surface area (Å²) < 4.78 is 12.4. The standard InChI is InChI=1S/C23H25N3O5/c1-15(27)24-21(16-7-2-3-8-16)23(29)31-14-20-25-19-11-5-4-10-18(19)22(28)26(20)13-17-9-6-12-30-17/h4-6,9-12,16,21H,2-3,7-8,13-14H2,1H3,(H,24,27)/t21-/m0/s1. The quantitative estimate of drug-likeness (QED) is 0.586. The second kappa shape index (κ2) is 9.16. The Hall–Kier alpha value is -3.42. The van der Waals surface area contributed by atoms with Gasteiger partial charge in [-0.15, -0.1) is 0 Å². The predicted octanol–water partition coefficient (Wildman–Crippen LogP) is 2.78. The number of aromatic nitrogens is 2. The summed E-state index contributed by atoms with van der Waals surface area (Å²) in [6.45, 7) is 1.39. The van der Waals surface area contributed by atoms with Crippen LogP contribution in [0.2, 0.25) is 0 Å². The van der Waals surface area contributed by atoms with Crippen LogP contribution in [0.5, 0.6) is 0 Å². The number of ether oxygens (including phenoxy) is 1. The lowest BCUT2D eigenvalue weighted by molar-refractivity contribution is -0.151. The van der Waals surface area contributed by atoms with E-state index in [1.807, 2.05) is 0 Å². The molecule has 0 unspecified atom stereocenters. The maximum Gasteiger partial charge on any atom is 0.329 e. The summed E-state index contributed by atoms with van der Waals surface area (Å²) in [7, 11) is 0. The monoisotopic (exact) mass is 423 g/mol. The molecule has 31 heavy (non-hydrogen) atoms. The molecule has 1 aliphatic carbocycles. The summed E-state index contributed by atoms with van der Waals surface area (Å²) in [5, 5.41) is 3.21. The average molecular weight is 423 g/mol. The Bertz CT molecular complexity index is 1130. The molecule has 1 aromatic carbocycles. The van der Waals surface area contributed by atoms with E-state index in [1.54, 1.807) is 36.4 Å². The van der Waals surface area contributed by atoms with Crippen LogP contribution < -0.4 is 10.9 Å². The number of fused-ring (bicyclic) bond motifs is 1. The minimum Gasteiger partial charge on any atom is -0.467 e. The first-order valence-corrected chi connectivity index (χ1v) is 10.5. The van der Waals surface area contributed by atoms with Gasteiger partial charge in [0, 0.05) is 6.92 Å². The van der Waals surface area contributed by atoms with Gasteiger partial charge in [0.2, 0.25) is 5.91 Å². The van der Waals surface area contributed by atoms with Crippen LogP contribution in [0.1, 0.15) is 44.2 Å². The highest BCUT2D eigenvalue weighted by molar-refractivity contribution is 5.83. The SMILES string of the molecule is CC(=O)N[C@H](C(=O)OCc1nc2ccccc2c(=O)n1Cc1ccco1)C1CCCC1. The lowest BCUT2D eigenvalue weighted by atomic mass is 9.98. The number of furan rings is 1. The van der Waals surface area contributed by atoms with Crippen molar-refractivity contribution in [2.75, 3.05) is 0 Å². The van der Waals surface area contributed by atoms with Crippen molar-refractivity contribution in [2.24, 2.45) is 5.92 Å². The van der Waals surface area contributed by atoms with Gasteiger partial charge in [-0.05, 0) is 43.0 Å². The lowest BCUT2D eigenvalue weighted by Crippen LogP contribution is -2.45. The Morgan fingerprint density at radius 2 is 2.00 bits per heavy atom. The normalized spacial score (nSPS) is 15.1. The molecule has 4 rings (SSSR count). The van der Waals surface area contributed by atoms with Gasteiger partial charge < -0.3 is 14.5 Å². The lowest BCUT2D eigenvalue weighted by Gasteiger charge is -2.22. The Morgan fingerprint density at radius 1 is 1.23 bits per heavy atom. The number of rotatable bonds is 7. The fraction of sp³-hybridized carbons (Fsp3) is 0.391. The number of hydrogen-bond donors (Lipinski definition) is 1. The van der Waals surface area contributed by atoms with E-state index < -0.39 is 12.0 Å². The van der Waals surface area contributed by atoms with E-state index in [0.29, 0.717) is 22.5 Å². The zero-order valence-electron chi connectivity index (χ0n) is 17.4. The van der Waals surface area contributed by atoms with Crippen molar-refractivity contribution in [3.8, 4) is 0 Å². The van der Waals surface area contributed by atoms with E-state index in [0.717, 1.165) is 25.7 Å². The van der Waals surface area contributed by atoms with Crippen LogP contribution >= 0.6 is 0 Å². The second-order valence-corrected chi connectivity index (χ2v) is 7.85. The highest BCUT2D eigenvalue weighted by atomic mass is 16.5. The minimum absolute atomic E-state index is 0.0614.